The van der Waals surface area contributed by atoms with Crippen LogP contribution in [0.5, 0.6) is 5.75 Å². The Hall–Kier alpha value is -1.11. The van der Waals surface area contributed by atoms with Crippen LogP contribution in [-0.2, 0) is 0 Å². The zero-order valence-corrected chi connectivity index (χ0v) is 12.7. The zero-order valence-electron chi connectivity index (χ0n) is 10.3. The molecule has 0 atom stereocenters. The number of phenolic OH excluding ortho intramolecular Hbond substituents is 1. The monoisotopic (exact) mass is 339 g/mol. The highest BCUT2D eigenvalue weighted by Crippen LogP contribution is 2.37. The molecule has 0 saturated carbocycles. The maximum atomic E-state index is 10.1. The van der Waals surface area contributed by atoms with Gasteiger partial charge in [0.05, 0.1) is 10.2 Å². The average Bonchev–Trinajstić information content (AvgIpc) is 2.92. The number of piperazine rings is 1. The second-order valence-corrected chi connectivity index (χ2v) is 6.06. The third-order valence-electron chi connectivity index (χ3n) is 3.19. The lowest BCUT2D eigenvalue weighted by Crippen LogP contribution is -2.43. The Morgan fingerprint density at radius 1 is 1.32 bits per heavy atom. The van der Waals surface area contributed by atoms with E-state index in [4.69, 9.17) is 0 Å². The average molecular weight is 340 g/mol. The van der Waals surface area contributed by atoms with E-state index < -0.39 is 0 Å². The Labute approximate surface area is 124 Å². The number of nitrogens with one attached hydrogen (secondary N) is 1. The molecule has 2 N–H and O–H groups in total. The summed E-state index contributed by atoms with van der Waals surface area (Å²) in [5.41, 5.74) is 1.60. The molecule has 2 heterocycles. The number of rotatable bonds is 2. The second kappa shape index (κ2) is 5.48. The molecule has 6 heteroatoms. The van der Waals surface area contributed by atoms with Crippen molar-refractivity contribution in [3.05, 3.63) is 28.7 Å². The van der Waals surface area contributed by atoms with Crippen molar-refractivity contribution in [2.45, 2.75) is 0 Å². The van der Waals surface area contributed by atoms with Crippen molar-refractivity contribution in [1.82, 2.24) is 9.69 Å². The maximum Gasteiger partial charge on any atom is 0.139 e. The van der Waals surface area contributed by atoms with Crippen LogP contribution in [0.25, 0.3) is 11.3 Å². The number of para-hydroxylation sites is 1. The first-order valence-corrected chi connectivity index (χ1v) is 7.72. The Kier molecular flexibility index (Phi) is 3.72. The lowest BCUT2D eigenvalue weighted by atomic mass is 10.1. The van der Waals surface area contributed by atoms with Crippen LogP contribution in [0.1, 0.15) is 0 Å². The topological polar surface area (TPSA) is 48.4 Å². The lowest BCUT2D eigenvalue weighted by Gasteiger charge is -2.27. The number of aromatic nitrogens is 1. The summed E-state index contributed by atoms with van der Waals surface area (Å²) in [5.74, 6) is 0.250. The number of halogens is 1. The van der Waals surface area contributed by atoms with Crippen molar-refractivity contribution in [3.63, 3.8) is 0 Å². The predicted molar refractivity (Wildman–Crippen MR) is 82.0 cm³/mol. The van der Waals surface area contributed by atoms with E-state index in [9.17, 15) is 5.11 Å². The molecular weight excluding hydrogens is 326 g/mol. The molecule has 1 aromatic carbocycles. The van der Waals surface area contributed by atoms with Gasteiger partial charge in [0.1, 0.15) is 10.8 Å². The Morgan fingerprint density at radius 3 is 2.89 bits per heavy atom. The summed E-state index contributed by atoms with van der Waals surface area (Å²) in [7, 11) is 0. The van der Waals surface area contributed by atoms with E-state index in [0.29, 0.717) is 4.47 Å². The molecule has 0 bridgehead atoms. The van der Waals surface area contributed by atoms with Gasteiger partial charge in [-0.05, 0) is 39.6 Å². The molecule has 0 unspecified atom stereocenters. The molecule has 100 valence electrons. The molecule has 1 fully saturated rings. The first-order valence-electron chi connectivity index (χ1n) is 6.16. The van der Waals surface area contributed by atoms with Crippen molar-refractivity contribution in [3.8, 4) is 17.0 Å². The molecule has 1 aliphatic heterocycles. The van der Waals surface area contributed by atoms with E-state index in [1.165, 1.54) is 11.5 Å². The minimum Gasteiger partial charge on any atom is -0.506 e. The summed E-state index contributed by atoms with van der Waals surface area (Å²) in [6.07, 6.45) is 0. The Morgan fingerprint density at radius 2 is 2.11 bits per heavy atom. The number of hydrogen-bond donors (Lipinski definition) is 2. The number of benzene rings is 1. The van der Waals surface area contributed by atoms with E-state index in [-0.39, 0.29) is 5.75 Å². The van der Waals surface area contributed by atoms with Gasteiger partial charge in [-0.15, -0.1) is 0 Å². The van der Waals surface area contributed by atoms with Crippen LogP contribution in [0.2, 0.25) is 0 Å². The number of aromatic hydroxyl groups is 1. The smallest absolute Gasteiger partial charge is 0.139 e. The molecule has 1 aliphatic rings. The summed E-state index contributed by atoms with van der Waals surface area (Å²) in [6.45, 7) is 4.03. The fourth-order valence-electron chi connectivity index (χ4n) is 2.15. The van der Waals surface area contributed by atoms with Crippen molar-refractivity contribution < 1.29 is 5.11 Å². The standard InChI is InChI=1S/C13H14BrN3OS/c14-10-3-1-2-9(13(10)18)11-8-12(19-16-11)17-6-4-15-5-7-17/h1-3,8,15,18H,4-7H2. The Balaban J connectivity index is 1.90. The second-order valence-electron chi connectivity index (χ2n) is 4.42. The van der Waals surface area contributed by atoms with Gasteiger partial charge >= 0.3 is 0 Å². The summed E-state index contributed by atoms with van der Waals surface area (Å²) < 4.78 is 5.16. The van der Waals surface area contributed by atoms with Crippen LogP contribution < -0.4 is 10.2 Å². The highest BCUT2D eigenvalue weighted by Gasteiger charge is 2.16. The summed E-state index contributed by atoms with van der Waals surface area (Å²) in [4.78, 5) is 2.33. The van der Waals surface area contributed by atoms with Crippen LogP contribution >= 0.6 is 27.5 Å². The minimum atomic E-state index is 0.250. The van der Waals surface area contributed by atoms with Crippen LogP contribution in [0.3, 0.4) is 0 Å². The van der Waals surface area contributed by atoms with Gasteiger partial charge in [-0.2, -0.15) is 4.37 Å². The number of phenols is 1. The molecule has 1 aromatic heterocycles. The van der Waals surface area contributed by atoms with Crippen LogP contribution in [0.4, 0.5) is 5.00 Å². The van der Waals surface area contributed by atoms with Gasteiger partial charge in [0.2, 0.25) is 0 Å². The third-order valence-corrected chi connectivity index (χ3v) is 4.68. The van der Waals surface area contributed by atoms with Gasteiger partial charge in [0, 0.05) is 37.8 Å². The van der Waals surface area contributed by atoms with Gasteiger partial charge in [-0.25, -0.2) is 0 Å². The van der Waals surface area contributed by atoms with E-state index in [1.54, 1.807) is 0 Å². The minimum absolute atomic E-state index is 0.250. The normalized spacial score (nSPS) is 15.7. The van der Waals surface area contributed by atoms with Crippen LogP contribution in [0.15, 0.2) is 28.7 Å². The molecular formula is C13H14BrN3OS. The van der Waals surface area contributed by atoms with E-state index in [0.717, 1.165) is 42.4 Å². The highest BCUT2D eigenvalue weighted by molar-refractivity contribution is 9.10. The molecule has 0 spiro atoms. The van der Waals surface area contributed by atoms with Crippen molar-refractivity contribution in [1.29, 1.82) is 0 Å². The predicted octanol–water partition coefficient (Wildman–Crippen LogP) is 2.69. The number of nitrogens with zero attached hydrogens (tertiary/aromatic N) is 2. The van der Waals surface area contributed by atoms with Gasteiger partial charge in [0.25, 0.3) is 0 Å². The van der Waals surface area contributed by atoms with Gasteiger partial charge in [0.15, 0.2) is 0 Å². The molecule has 19 heavy (non-hydrogen) atoms. The third kappa shape index (κ3) is 2.61. The zero-order chi connectivity index (χ0) is 13.2. The summed E-state index contributed by atoms with van der Waals surface area (Å²) >= 11 is 4.82. The molecule has 3 rings (SSSR count). The maximum absolute atomic E-state index is 10.1. The molecule has 4 nitrogen and oxygen atoms in total. The van der Waals surface area contributed by atoms with Crippen molar-refractivity contribution in [2.75, 3.05) is 31.1 Å². The fourth-order valence-corrected chi connectivity index (χ4v) is 3.32. The van der Waals surface area contributed by atoms with Gasteiger partial charge in [-0.1, -0.05) is 6.07 Å². The molecule has 0 radical (unpaired) electrons. The molecule has 0 amide bonds. The fraction of sp³-hybridized carbons (Fsp3) is 0.308. The van der Waals surface area contributed by atoms with Crippen molar-refractivity contribution >= 4 is 32.5 Å². The SMILES string of the molecule is Oc1c(Br)cccc1-c1cc(N2CCNCC2)sn1. The van der Waals surface area contributed by atoms with Gasteiger partial charge < -0.3 is 15.3 Å². The summed E-state index contributed by atoms with van der Waals surface area (Å²) in [6, 6.07) is 7.67. The first kappa shape index (κ1) is 12.9. The molecule has 2 aromatic rings. The first-order chi connectivity index (χ1) is 9.25. The van der Waals surface area contributed by atoms with Gasteiger partial charge in [-0.3, -0.25) is 0 Å². The molecule has 0 aliphatic carbocycles. The largest absolute Gasteiger partial charge is 0.506 e. The van der Waals surface area contributed by atoms with Crippen LogP contribution in [-0.4, -0.2) is 35.7 Å². The van der Waals surface area contributed by atoms with E-state index in [1.807, 2.05) is 18.2 Å². The highest BCUT2D eigenvalue weighted by atomic mass is 79.9. The van der Waals surface area contributed by atoms with E-state index in [2.05, 4.69) is 36.6 Å². The van der Waals surface area contributed by atoms with Crippen LogP contribution in [0, 0.1) is 0 Å². The van der Waals surface area contributed by atoms with Crippen molar-refractivity contribution in [2.24, 2.45) is 0 Å². The van der Waals surface area contributed by atoms with E-state index >= 15 is 0 Å². The summed E-state index contributed by atoms with van der Waals surface area (Å²) in [5, 5.41) is 14.6. The number of hydrogen-bond acceptors (Lipinski definition) is 5. The Bertz CT molecular complexity index is 581. The number of anilines is 1. The lowest BCUT2D eigenvalue weighted by molar-refractivity contribution is 0.474. The quantitative estimate of drug-likeness (QED) is 0.883. The molecule has 1 saturated heterocycles.